The first-order valence-corrected chi connectivity index (χ1v) is 8.04. The van der Waals surface area contributed by atoms with Crippen molar-refractivity contribution in [3.8, 4) is 0 Å². The molecule has 2 amide bonds. The summed E-state index contributed by atoms with van der Waals surface area (Å²) in [6.45, 7) is 1.83. The molecular formula is C13H17BrN2O2S. The van der Waals surface area contributed by atoms with E-state index in [1.54, 1.807) is 17.8 Å². The second-order valence-electron chi connectivity index (χ2n) is 4.10. The van der Waals surface area contributed by atoms with Crippen LogP contribution in [0.4, 0.5) is 5.69 Å². The third kappa shape index (κ3) is 5.65. The standard InChI is InChI=1S/C13H17BrN2O2S/c1-9(8-19-2)13(18)15-7-12(17)16-11-6-4-3-5-10(11)14/h3-6,9H,7-8H2,1-2H3,(H,15,18)(H,16,17)/t9-/m0/s1. The number of nitrogens with one attached hydrogen (secondary N) is 2. The van der Waals surface area contributed by atoms with Crippen LogP contribution in [0.3, 0.4) is 0 Å². The molecule has 0 heterocycles. The summed E-state index contributed by atoms with van der Waals surface area (Å²) in [5.41, 5.74) is 0.693. The van der Waals surface area contributed by atoms with E-state index in [0.717, 1.165) is 10.2 Å². The summed E-state index contributed by atoms with van der Waals surface area (Å²) in [5.74, 6) is 0.317. The SMILES string of the molecule is CSC[C@H](C)C(=O)NCC(=O)Nc1ccccc1Br. The fourth-order valence-electron chi connectivity index (χ4n) is 1.42. The molecular weight excluding hydrogens is 328 g/mol. The lowest BCUT2D eigenvalue weighted by Crippen LogP contribution is -2.36. The highest BCUT2D eigenvalue weighted by Gasteiger charge is 2.13. The van der Waals surface area contributed by atoms with Crippen molar-refractivity contribution < 1.29 is 9.59 Å². The van der Waals surface area contributed by atoms with Gasteiger partial charge in [0, 0.05) is 16.1 Å². The Labute approximate surface area is 125 Å². The van der Waals surface area contributed by atoms with Crippen LogP contribution in [0.2, 0.25) is 0 Å². The van der Waals surface area contributed by atoms with Gasteiger partial charge in [0.25, 0.3) is 0 Å². The van der Waals surface area contributed by atoms with E-state index in [4.69, 9.17) is 0 Å². The highest BCUT2D eigenvalue weighted by Crippen LogP contribution is 2.20. The number of para-hydroxylation sites is 1. The third-order valence-corrected chi connectivity index (χ3v) is 3.96. The summed E-state index contributed by atoms with van der Waals surface area (Å²) in [6, 6.07) is 7.33. The van der Waals surface area contributed by atoms with Crippen molar-refractivity contribution in [2.45, 2.75) is 6.92 Å². The Morgan fingerprint density at radius 3 is 2.68 bits per heavy atom. The number of anilines is 1. The Kier molecular flexibility index (Phi) is 6.94. The smallest absolute Gasteiger partial charge is 0.243 e. The molecule has 1 aromatic rings. The van der Waals surface area contributed by atoms with Crippen LogP contribution >= 0.6 is 27.7 Å². The Morgan fingerprint density at radius 1 is 1.37 bits per heavy atom. The molecule has 0 aliphatic carbocycles. The van der Waals surface area contributed by atoms with Crippen molar-refractivity contribution in [3.05, 3.63) is 28.7 Å². The highest BCUT2D eigenvalue weighted by atomic mass is 79.9. The normalized spacial score (nSPS) is 11.7. The van der Waals surface area contributed by atoms with Gasteiger partial charge < -0.3 is 10.6 Å². The van der Waals surface area contributed by atoms with Gasteiger partial charge in [-0.3, -0.25) is 9.59 Å². The van der Waals surface area contributed by atoms with E-state index < -0.39 is 0 Å². The topological polar surface area (TPSA) is 58.2 Å². The molecule has 0 radical (unpaired) electrons. The largest absolute Gasteiger partial charge is 0.347 e. The van der Waals surface area contributed by atoms with Crippen molar-refractivity contribution in [2.24, 2.45) is 5.92 Å². The fraction of sp³-hybridized carbons (Fsp3) is 0.385. The van der Waals surface area contributed by atoms with Gasteiger partial charge in [0.2, 0.25) is 11.8 Å². The number of benzene rings is 1. The van der Waals surface area contributed by atoms with E-state index >= 15 is 0 Å². The Bertz CT molecular complexity index is 454. The van der Waals surface area contributed by atoms with Crippen molar-refractivity contribution in [1.82, 2.24) is 5.32 Å². The van der Waals surface area contributed by atoms with Gasteiger partial charge in [-0.15, -0.1) is 0 Å². The summed E-state index contributed by atoms with van der Waals surface area (Å²) in [5, 5.41) is 5.36. The lowest BCUT2D eigenvalue weighted by molar-refractivity contribution is -0.126. The minimum Gasteiger partial charge on any atom is -0.347 e. The van der Waals surface area contributed by atoms with Crippen LogP contribution in [-0.2, 0) is 9.59 Å². The van der Waals surface area contributed by atoms with Gasteiger partial charge in [-0.05, 0) is 34.3 Å². The molecule has 0 aromatic heterocycles. The maximum atomic E-state index is 11.7. The zero-order valence-electron chi connectivity index (χ0n) is 10.9. The monoisotopic (exact) mass is 344 g/mol. The minimum atomic E-state index is -0.239. The van der Waals surface area contributed by atoms with Crippen LogP contribution in [0.1, 0.15) is 6.92 Å². The van der Waals surface area contributed by atoms with Crippen LogP contribution in [0, 0.1) is 5.92 Å². The predicted octanol–water partition coefficient (Wildman–Crippen LogP) is 2.50. The van der Waals surface area contributed by atoms with E-state index in [1.807, 2.05) is 31.4 Å². The highest BCUT2D eigenvalue weighted by molar-refractivity contribution is 9.10. The maximum absolute atomic E-state index is 11.7. The number of hydrogen-bond donors (Lipinski definition) is 2. The van der Waals surface area contributed by atoms with Crippen molar-refractivity contribution in [3.63, 3.8) is 0 Å². The van der Waals surface area contributed by atoms with Gasteiger partial charge in [-0.2, -0.15) is 11.8 Å². The molecule has 0 saturated heterocycles. The summed E-state index contributed by atoms with van der Waals surface area (Å²) in [7, 11) is 0. The molecule has 2 N–H and O–H groups in total. The molecule has 104 valence electrons. The Balaban J connectivity index is 2.40. The zero-order chi connectivity index (χ0) is 14.3. The van der Waals surface area contributed by atoms with Crippen LogP contribution in [0.5, 0.6) is 0 Å². The second-order valence-corrected chi connectivity index (χ2v) is 5.87. The van der Waals surface area contributed by atoms with Crippen molar-refractivity contribution in [1.29, 1.82) is 0 Å². The number of amides is 2. The summed E-state index contributed by atoms with van der Waals surface area (Å²) in [6.07, 6.45) is 1.95. The van der Waals surface area contributed by atoms with Gasteiger partial charge in [0.1, 0.15) is 0 Å². The number of rotatable bonds is 6. The van der Waals surface area contributed by atoms with Crippen molar-refractivity contribution in [2.75, 3.05) is 23.9 Å². The van der Waals surface area contributed by atoms with E-state index in [1.165, 1.54) is 0 Å². The molecule has 4 nitrogen and oxygen atoms in total. The number of carbonyl (C=O) groups is 2. The van der Waals surface area contributed by atoms with E-state index in [0.29, 0.717) is 5.69 Å². The minimum absolute atomic E-state index is 0.0150. The lowest BCUT2D eigenvalue weighted by Gasteiger charge is -2.11. The van der Waals surface area contributed by atoms with Gasteiger partial charge in [-0.1, -0.05) is 19.1 Å². The van der Waals surface area contributed by atoms with Gasteiger partial charge in [0.15, 0.2) is 0 Å². The molecule has 0 spiro atoms. The molecule has 0 aliphatic heterocycles. The summed E-state index contributed by atoms with van der Waals surface area (Å²) < 4.78 is 0.811. The lowest BCUT2D eigenvalue weighted by atomic mass is 10.2. The maximum Gasteiger partial charge on any atom is 0.243 e. The Hall–Kier alpha value is -1.01. The molecule has 0 saturated carbocycles. The van der Waals surface area contributed by atoms with Gasteiger partial charge in [0.05, 0.1) is 12.2 Å². The first-order valence-electron chi connectivity index (χ1n) is 5.85. The second kappa shape index (κ2) is 8.22. The molecule has 0 unspecified atom stereocenters. The molecule has 6 heteroatoms. The molecule has 1 rings (SSSR count). The van der Waals surface area contributed by atoms with Crippen LogP contribution < -0.4 is 10.6 Å². The number of halogens is 1. The molecule has 0 fully saturated rings. The van der Waals surface area contributed by atoms with Crippen molar-refractivity contribution >= 4 is 45.2 Å². The molecule has 0 bridgehead atoms. The van der Waals surface area contributed by atoms with Crippen LogP contribution in [0.25, 0.3) is 0 Å². The first kappa shape index (κ1) is 16.0. The molecule has 19 heavy (non-hydrogen) atoms. The van der Waals surface area contributed by atoms with E-state index in [-0.39, 0.29) is 24.3 Å². The van der Waals surface area contributed by atoms with Gasteiger partial charge >= 0.3 is 0 Å². The molecule has 1 aromatic carbocycles. The summed E-state index contributed by atoms with van der Waals surface area (Å²) in [4.78, 5) is 23.3. The molecule has 0 aliphatic rings. The zero-order valence-corrected chi connectivity index (χ0v) is 13.3. The number of hydrogen-bond acceptors (Lipinski definition) is 3. The fourth-order valence-corrected chi connectivity index (χ4v) is 2.46. The average Bonchev–Trinajstić information content (AvgIpc) is 2.39. The quantitative estimate of drug-likeness (QED) is 0.833. The van der Waals surface area contributed by atoms with Crippen LogP contribution in [0.15, 0.2) is 28.7 Å². The number of carbonyl (C=O) groups excluding carboxylic acids is 2. The van der Waals surface area contributed by atoms with E-state index in [9.17, 15) is 9.59 Å². The third-order valence-electron chi connectivity index (χ3n) is 2.44. The predicted molar refractivity (Wildman–Crippen MR) is 83.3 cm³/mol. The number of thioether (sulfide) groups is 1. The molecule has 1 atom stereocenters. The van der Waals surface area contributed by atoms with Crippen LogP contribution in [-0.4, -0.2) is 30.4 Å². The Morgan fingerprint density at radius 2 is 2.05 bits per heavy atom. The van der Waals surface area contributed by atoms with Gasteiger partial charge in [-0.25, -0.2) is 0 Å². The van der Waals surface area contributed by atoms with E-state index in [2.05, 4.69) is 26.6 Å². The first-order chi connectivity index (χ1) is 9.04. The summed E-state index contributed by atoms with van der Waals surface area (Å²) >= 11 is 4.95. The average molecular weight is 345 g/mol.